The lowest BCUT2D eigenvalue weighted by Crippen LogP contribution is -2.29. The molecule has 33 heavy (non-hydrogen) atoms. The summed E-state index contributed by atoms with van der Waals surface area (Å²) in [5, 5.41) is 11.0. The summed E-state index contributed by atoms with van der Waals surface area (Å²) in [6, 6.07) is 10.4. The van der Waals surface area contributed by atoms with E-state index < -0.39 is 17.7 Å². The third-order valence-corrected chi connectivity index (χ3v) is 5.91. The van der Waals surface area contributed by atoms with E-state index in [0.717, 1.165) is 23.9 Å². The fraction of sp³-hybridized carbons (Fsp3) is 0.348. The van der Waals surface area contributed by atoms with E-state index in [4.69, 9.17) is 10.6 Å². The molecule has 0 saturated carbocycles. The highest BCUT2D eigenvalue weighted by molar-refractivity contribution is 7.99. The van der Waals surface area contributed by atoms with Crippen molar-refractivity contribution in [2.45, 2.75) is 50.9 Å². The molecule has 10 heteroatoms. The molecule has 0 aliphatic rings. The number of aromatic nitrogens is 3. The average molecular weight is 476 g/mol. The van der Waals surface area contributed by atoms with Crippen LogP contribution in [0.1, 0.15) is 50.7 Å². The number of carbonyl (C=O) groups is 1. The summed E-state index contributed by atoms with van der Waals surface area (Å²) < 4.78 is 34.0. The molecule has 0 spiro atoms. The maximum absolute atomic E-state index is 13.9. The number of hydrogen-bond acceptors (Lipinski definition) is 6. The molecule has 0 bridgehead atoms. The molecular weight excluding hydrogens is 448 g/mol. The molecule has 7 nitrogen and oxygen atoms in total. The SMILES string of the molecule is CC(NC(=O)CSc1nnc(COc2ccc(C(C)(C)C)cc2)n1N)c1ccc(F)cc1F. The summed E-state index contributed by atoms with van der Waals surface area (Å²) in [5.41, 5.74) is 1.45. The first kappa shape index (κ1) is 24.5. The molecule has 1 unspecified atom stereocenters. The van der Waals surface area contributed by atoms with Crippen LogP contribution in [0.4, 0.5) is 8.78 Å². The van der Waals surface area contributed by atoms with E-state index in [9.17, 15) is 13.6 Å². The van der Waals surface area contributed by atoms with Gasteiger partial charge in [-0.25, -0.2) is 13.5 Å². The van der Waals surface area contributed by atoms with E-state index in [1.165, 1.54) is 16.3 Å². The zero-order valence-electron chi connectivity index (χ0n) is 18.9. The molecule has 0 fully saturated rings. The summed E-state index contributed by atoms with van der Waals surface area (Å²) >= 11 is 1.09. The molecule has 3 N–H and O–H groups in total. The average Bonchev–Trinajstić information content (AvgIpc) is 3.09. The van der Waals surface area contributed by atoms with Crippen LogP contribution in [-0.2, 0) is 16.8 Å². The number of halogens is 2. The molecule has 0 radical (unpaired) electrons. The molecule has 3 rings (SSSR count). The number of rotatable bonds is 8. The molecule has 0 aliphatic carbocycles. The largest absolute Gasteiger partial charge is 0.486 e. The maximum Gasteiger partial charge on any atom is 0.230 e. The summed E-state index contributed by atoms with van der Waals surface area (Å²) in [5.74, 6) is 5.38. The Hall–Kier alpha value is -3.14. The van der Waals surface area contributed by atoms with Gasteiger partial charge in [0, 0.05) is 11.6 Å². The van der Waals surface area contributed by atoms with E-state index in [1.807, 2.05) is 24.3 Å². The third-order valence-electron chi connectivity index (χ3n) is 4.96. The van der Waals surface area contributed by atoms with Gasteiger partial charge in [-0.2, -0.15) is 0 Å². The summed E-state index contributed by atoms with van der Waals surface area (Å²) in [6.07, 6.45) is 0. The first-order valence-electron chi connectivity index (χ1n) is 10.3. The van der Waals surface area contributed by atoms with Gasteiger partial charge in [-0.1, -0.05) is 50.7 Å². The number of nitrogens with zero attached hydrogens (tertiary/aromatic N) is 3. The topological polar surface area (TPSA) is 95.1 Å². The van der Waals surface area contributed by atoms with Crippen LogP contribution in [0.25, 0.3) is 0 Å². The molecule has 1 amide bonds. The van der Waals surface area contributed by atoms with Gasteiger partial charge in [0.2, 0.25) is 11.1 Å². The predicted octanol–water partition coefficient (Wildman–Crippen LogP) is 4.12. The second-order valence-electron chi connectivity index (χ2n) is 8.58. The lowest BCUT2D eigenvalue weighted by Gasteiger charge is -2.19. The van der Waals surface area contributed by atoms with Crippen molar-refractivity contribution in [3.8, 4) is 5.75 Å². The van der Waals surface area contributed by atoms with Crippen molar-refractivity contribution in [3.05, 3.63) is 71.1 Å². The molecular formula is C23H27F2N5O2S. The standard InChI is InChI=1S/C23H27F2N5O2S/c1-14(18-10-7-16(24)11-19(18)25)27-21(31)13-33-22-29-28-20(30(22)26)12-32-17-8-5-15(6-9-17)23(2,3)4/h5-11,14H,12-13,26H2,1-4H3,(H,27,31). The Morgan fingerprint density at radius 1 is 1.18 bits per heavy atom. The van der Waals surface area contributed by atoms with Crippen LogP contribution < -0.4 is 15.9 Å². The number of hydrogen-bond donors (Lipinski definition) is 2. The molecule has 176 valence electrons. The van der Waals surface area contributed by atoms with Crippen LogP contribution >= 0.6 is 11.8 Å². The van der Waals surface area contributed by atoms with E-state index >= 15 is 0 Å². The Kier molecular flexibility index (Phi) is 7.57. The number of ether oxygens (including phenoxy) is 1. The minimum absolute atomic E-state index is 0.00237. The lowest BCUT2D eigenvalue weighted by molar-refractivity contribution is -0.119. The van der Waals surface area contributed by atoms with Crippen LogP contribution in [-0.4, -0.2) is 26.5 Å². The number of carbonyl (C=O) groups excluding carboxylic acids is 1. The summed E-state index contributed by atoms with van der Waals surface area (Å²) in [7, 11) is 0. The van der Waals surface area contributed by atoms with Crippen molar-refractivity contribution in [3.63, 3.8) is 0 Å². The highest BCUT2D eigenvalue weighted by atomic mass is 32.2. The maximum atomic E-state index is 13.9. The fourth-order valence-electron chi connectivity index (χ4n) is 3.05. The lowest BCUT2D eigenvalue weighted by atomic mass is 9.87. The molecule has 1 heterocycles. The Bertz CT molecular complexity index is 1110. The van der Waals surface area contributed by atoms with Crippen LogP contribution in [0.2, 0.25) is 0 Å². The number of benzene rings is 2. The van der Waals surface area contributed by atoms with Gasteiger partial charge in [-0.3, -0.25) is 4.79 Å². The Balaban J connectivity index is 1.51. The highest BCUT2D eigenvalue weighted by Gasteiger charge is 2.17. The van der Waals surface area contributed by atoms with E-state index in [-0.39, 0.29) is 29.2 Å². The highest BCUT2D eigenvalue weighted by Crippen LogP contribution is 2.25. The summed E-state index contributed by atoms with van der Waals surface area (Å²) in [6.45, 7) is 8.16. The molecule has 1 atom stereocenters. The van der Waals surface area contributed by atoms with Crippen molar-refractivity contribution in [2.24, 2.45) is 0 Å². The van der Waals surface area contributed by atoms with Gasteiger partial charge in [0.05, 0.1) is 11.8 Å². The second-order valence-corrected chi connectivity index (χ2v) is 9.52. The van der Waals surface area contributed by atoms with E-state index in [1.54, 1.807) is 6.92 Å². The molecule has 0 saturated heterocycles. The number of nitrogens with one attached hydrogen (secondary N) is 1. The Morgan fingerprint density at radius 2 is 1.88 bits per heavy atom. The zero-order valence-corrected chi connectivity index (χ0v) is 19.7. The number of nitrogen functional groups attached to an aromatic ring is 1. The Labute approximate surface area is 195 Å². The molecule has 3 aromatic rings. The quantitative estimate of drug-likeness (QED) is 0.376. The number of nitrogens with two attached hydrogens (primary N) is 1. The zero-order chi connectivity index (χ0) is 24.2. The first-order valence-corrected chi connectivity index (χ1v) is 11.3. The Morgan fingerprint density at radius 3 is 2.52 bits per heavy atom. The van der Waals surface area contributed by atoms with Gasteiger partial charge in [-0.05, 0) is 36.1 Å². The van der Waals surface area contributed by atoms with Crippen molar-refractivity contribution >= 4 is 17.7 Å². The van der Waals surface area contributed by atoms with Gasteiger partial charge >= 0.3 is 0 Å². The van der Waals surface area contributed by atoms with Crippen molar-refractivity contribution in [2.75, 3.05) is 11.6 Å². The summed E-state index contributed by atoms with van der Waals surface area (Å²) in [4.78, 5) is 12.3. The second kappa shape index (κ2) is 10.2. The van der Waals surface area contributed by atoms with Crippen molar-refractivity contribution in [1.82, 2.24) is 20.2 Å². The van der Waals surface area contributed by atoms with Gasteiger partial charge in [-0.15, -0.1) is 10.2 Å². The van der Waals surface area contributed by atoms with Crippen LogP contribution in [0, 0.1) is 11.6 Å². The van der Waals surface area contributed by atoms with Gasteiger partial charge in [0.1, 0.15) is 24.0 Å². The van der Waals surface area contributed by atoms with Crippen LogP contribution in [0.15, 0.2) is 47.6 Å². The van der Waals surface area contributed by atoms with E-state index in [2.05, 4.69) is 36.3 Å². The van der Waals surface area contributed by atoms with Gasteiger partial charge < -0.3 is 15.9 Å². The van der Waals surface area contributed by atoms with Crippen LogP contribution in [0.5, 0.6) is 5.75 Å². The van der Waals surface area contributed by atoms with Crippen molar-refractivity contribution in [1.29, 1.82) is 0 Å². The third kappa shape index (κ3) is 6.44. The smallest absolute Gasteiger partial charge is 0.230 e. The normalized spacial score (nSPS) is 12.4. The number of thioether (sulfide) groups is 1. The number of amides is 1. The minimum atomic E-state index is -0.713. The first-order chi connectivity index (χ1) is 15.5. The minimum Gasteiger partial charge on any atom is -0.486 e. The van der Waals surface area contributed by atoms with Gasteiger partial charge in [0.25, 0.3) is 0 Å². The molecule has 2 aromatic carbocycles. The van der Waals surface area contributed by atoms with E-state index in [0.29, 0.717) is 16.7 Å². The molecule has 0 aliphatic heterocycles. The molecule has 1 aromatic heterocycles. The van der Waals surface area contributed by atoms with Crippen LogP contribution in [0.3, 0.4) is 0 Å². The fourth-order valence-corrected chi connectivity index (χ4v) is 3.73. The van der Waals surface area contributed by atoms with Gasteiger partial charge in [0.15, 0.2) is 5.82 Å². The monoisotopic (exact) mass is 475 g/mol. The predicted molar refractivity (Wildman–Crippen MR) is 123 cm³/mol. The van der Waals surface area contributed by atoms with Crippen molar-refractivity contribution < 1.29 is 18.3 Å².